The minimum Gasteiger partial charge on any atom is -0.379 e. The van der Waals surface area contributed by atoms with Gasteiger partial charge in [-0.2, -0.15) is 0 Å². The zero-order valence-electron chi connectivity index (χ0n) is 3.99. The van der Waals surface area contributed by atoms with E-state index < -0.39 is 0 Å². The number of halogens is 2. The Bertz CT molecular complexity index is 30.9. The first-order valence-corrected chi connectivity index (χ1v) is 4.17. The summed E-state index contributed by atoms with van der Waals surface area (Å²) in [5.41, 5.74) is 0. The van der Waals surface area contributed by atoms with Crippen LogP contribution in [0.3, 0.4) is 0 Å². The van der Waals surface area contributed by atoms with E-state index in [1.165, 1.54) is 0 Å². The number of hydrogen-bond donors (Lipinski definition) is 0. The van der Waals surface area contributed by atoms with Gasteiger partial charge in [0.15, 0.2) is 0 Å². The second-order valence-corrected chi connectivity index (χ2v) is 2.45. The van der Waals surface area contributed by atoms with Gasteiger partial charge >= 0.3 is 0 Å². The van der Waals surface area contributed by atoms with E-state index in [9.17, 15) is 0 Å². The third-order valence-electron chi connectivity index (χ3n) is 0.443. The molecule has 0 aliphatic rings. The van der Waals surface area contributed by atoms with Crippen LogP contribution in [0.5, 0.6) is 0 Å². The quantitative estimate of drug-likeness (QED) is 0.408. The van der Waals surface area contributed by atoms with Crippen molar-refractivity contribution in [3.05, 3.63) is 0 Å². The molecule has 0 atom stereocenters. The average molecular weight is 234 g/mol. The van der Waals surface area contributed by atoms with Gasteiger partial charge in [-0.15, -0.1) is 11.6 Å². The Kier molecular flexibility index (Phi) is 7.96. The van der Waals surface area contributed by atoms with Gasteiger partial charge in [-0.1, -0.05) is 22.6 Å². The van der Waals surface area contributed by atoms with Gasteiger partial charge in [0.1, 0.15) is 0 Å². The fourth-order valence-corrected chi connectivity index (χ4v) is 0.632. The van der Waals surface area contributed by atoms with E-state index in [1.54, 1.807) is 0 Å². The zero-order chi connectivity index (χ0) is 5.54. The highest BCUT2D eigenvalue weighted by Crippen LogP contribution is 1.83. The molecule has 0 heterocycles. The van der Waals surface area contributed by atoms with Gasteiger partial charge in [-0.25, -0.2) is 0 Å². The van der Waals surface area contributed by atoms with Gasteiger partial charge in [0.25, 0.3) is 0 Å². The fourth-order valence-electron chi connectivity index (χ4n) is 0.211. The maximum Gasteiger partial charge on any atom is 0.0602 e. The Hall–Kier alpha value is 0.980. The highest BCUT2D eigenvalue weighted by atomic mass is 127. The highest BCUT2D eigenvalue weighted by molar-refractivity contribution is 14.1. The van der Waals surface area contributed by atoms with Crippen molar-refractivity contribution in [1.82, 2.24) is 0 Å². The number of rotatable bonds is 4. The molecule has 0 aliphatic heterocycles. The van der Waals surface area contributed by atoms with Crippen molar-refractivity contribution in [2.45, 2.75) is 0 Å². The maximum atomic E-state index is 5.31. The first-order valence-electron chi connectivity index (χ1n) is 2.11. The Morgan fingerprint density at radius 3 is 2.57 bits per heavy atom. The van der Waals surface area contributed by atoms with Gasteiger partial charge in [-0.3, -0.25) is 0 Å². The van der Waals surface area contributed by atoms with Gasteiger partial charge in [0.2, 0.25) is 0 Å². The molecule has 0 spiro atoms. The summed E-state index contributed by atoms with van der Waals surface area (Å²) in [7, 11) is 0. The number of ether oxygens (including phenoxy) is 1. The molecule has 7 heavy (non-hydrogen) atoms. The molecule has 44 valence electrons. The molecule has 0 aromatic carbocycles. The molecule has 0 aromatic heterocycles. The molecule has 1 nitrogen and oxygen atoms in total. The molecule has 0 bridgehead atoms. The summed E-state index contributed by atoms with van der Waals surface area (Å²) < 4.78 is 6.04. The Balaban J connectivity index is 2.45. The number of alkyl halides is 2. The summed E-state index contributed by atoms with van der Waals surface area (Å²) in [5, 5.41) is 0. The first-order chi connectivity index (χ1) is 3.41. The summed E-state index contributed by atoms with van der Waals surface area (Å²) in [4.78, 5) is 0. The van der Waals surface area contributed by atoms with Crippen molar-refractivity contribution in [3.8, 4) is 0 Å². The molecule has 3 heteroatoms. The van der Waals surface area contributed by atoms with E-state index in [-0.39, 0.29) is 0 Å². The van der Waals surface area contributed by atoms with E-state index in [4.69, 9.17) is 16.3 Å². The molecule has 0 rings (SSSR count). The standard InChI is InChI=1S/C4H8ClIO/c5-1-3-7-4-2-6/h1-4H2. The molecular formula is C4H8ClIO. The van der Waals surface area contributed by atoms with Crippen LogP contribution in [0.15, 0.2) is 0 Å². The Morgan fingerprint density at radius 2 is 2.14 bits per heavy atom. The second kappa shape index (κ2) is 6.98. The van der Waals surface area contributed by atoms with E-state index in [2.05, 4.69) is 22.6 Å². The summed E-state index contributed by atoms with van der Waals surface area (Å²) >= 11 is 7.57. The normalized spacial score (nSPS) is 9.43. The molecule has 0 fully saturated rings. The van der Waals surface area contributed by atoms with Crippen LogP contribution in [0.1, 0.15) is 0 Å². The van der Waals surface area contributed by atoms with Crippen LogP contribution in [0.25, 0.3) is 0 Å². The molecule has 0 amide bonds. The lowest BCUT2D eigenvalue weighted by atomic mass is 10.8. The van der Waals surface area contributed by atoms with Crippen molar-refractivity contribution < 1.29 is 4.74 Å². The highest BCUT2D eigenvalue weighted by Gasteiger charge is 1.80. The van der Waals surface area contributed by atoms with Gasteiger partial charge < -0.3 is 4.74 Å². The lowest BCUT2D eigenvalue weighted by molar-refractivity contribution is 0.168. The Morgan fingerprint density at radius 1 is 1.43 bits per heavy atom. The number of hydrogen-bond acceptors (Lipinski definition) is 1. The van der Waals surface area contributed by atoms with Crippen LogP contribution in [0.2, 0.25) is 0 Å². The third-order valence-corrected chi connectivity index (χ3v) is 1.04. The molecule has 0 radical (unpaired) electrons. The van der Waals surface area contributed by atoms with Crippen molar-refractivity contribution in [3.63, 3.8) is 0 Å². The van der Waals surface area contributed by atoms with Crippen molar-refractivity contribution in [1.29, 1.82) is 0 Å². The van der Waals surface area contributed by atoms with Crippen molar-refractivity contribution >= 4 is 34.2 Å². The van der Waals surface area contributed by atoms with Gasteiger partial charge in [-0.05, 0) is 0 Å². The van der Waals surface area contributed by atoms with Crippen LogP contribution in [0, 0.1) is 0 Å². The lowest BCUT2D eigenvalue weighted by Crippen LogP contribution is -1.97. The van der Waals surface area contributed by atoms with E-state index in [0.29, 0.717) is 12.5 Å². The van der Waals surface area contributed by atoms with Crippen molar-refractivity contribution in [2.24, 2.45) is 0 Å². The van der Waals surface area contributed by atoms with Crippen LogP contribution in [-0.2, 0) is 4.74 Å². The summed E-state index contributed by atoms with van der Waals surface area (Å²) in [5.74, 6) is 0.608. The average Bonchev–Trinajstić information content (AvgIpc) is 1.69. The van der Waals surface area contributed by atoms with Crippen LogP contribution in [-0.4, -0.2) is 23.5 Å². The second-order valence-electron chi connectivity index (χ2n) is 0.990. The van der Waals surface area contributed by atoms with Crippen LogP contribution < -0.4 is 0 Å². The third kappa shape index (κ3) is 6.98. The summed E-state index contributed by atoms with van der Waals surface area (Å²) in [6, 6.07) is 0. The van der Waals surface area contributed by atoms with E-state index in [0.717, 1.165) is 11.0 Å². The van der Waals surface area contributed by atoms with Gasteiger partial charge in [0.05, 0.1) is 13.2 Å². The minimum absolute atomic E-state index is 0.608. The predicted octanol–water partition coefficient (Wildman–Crippen LogP) is 1.68. The van der Waals surface area contributed by atoms with E-state index >= 15 is 0 Å². The van der Waals surface area contributed by atoms with Crippen LogP contribution in [0.4, 0.5) is 0 Å². The molecular weight excluding hydrogens is 226 g/mol. The van der Waals surface area contributed by atoms with Gasteiger partial charge in [0, 0.05) is 10.3 Å². The smallest absolute Gasteiger partial charge is 0.0602 e. The molecule has 0 N–H and O–H groups in total. The lowest BCUT2D eigenvalue weighted by Gasteiger charge is -1.93. The minimum atomic E-state index is 0.608. The monoisotopic (exact) mass is 234 g/mol. The maximum absolute atomic E-state index is 5.31. The fraction of sp³-hybridized carbons (Fsp3) is 1.00. The first kappa shape index (κ1) is 7.98. The molecule has 0 saturated heterocycles. The largest absolute Gasteiger partial charge is 0.379 e. The SMILES string of the molecule is ClCCOCCI. The molecule has 0 aliphatic carbocycles. The van der Waals surface area contributed by atoms with E-state index in [1.807, 2.05) is 0 Å². The molecule has 0 aromatic rings. The molecule has 0 saturated carbocycles. The summed E-state index contributed by atoms with van der Waals surface area (Å²) in [6.45, 7) is 1.51. The zero-order valence-corrected chi connectivity index (χ0v) is 6.91. The topological polar surface area (TPSA) is 9.23 Å². The van der Waals surface area contributed by atoms with Crippen molar-refractivity contribution in [2.75, 3.05) is 23.5 Å². The van der Waals surface area contributed by atoms with Crippen LogP contribution >= 0.6 is 34.2 Å². The Labute approximate surface area is 62.5 Å². The molecule has 0 unspecified atom stereocenters. The predicted molar refractivity (Wildman–Crippen MR) is 40.4 cm³/mol. The summed E-state index contributed by atoms with van der Waals surface area (Å²) in [6.07, 6.45) is 0.